The molecule has 202 valence electrons. The number of aliphatic imine (C=N–C) groups is 1. The first-order valence-electron chi connectivity index (χ1n) is 11.8. The van der Waals surface area contributed by atoms with Gasteiger partial charge in [0.15, 0.2) is 5.96 Å². The number of rotatable bonds is 10. The molecule has 0 aliphatic carbocycles. The molecule has 3 atom stereocenters. The van der Waals surface area contributed by atoms with E-state index in [-0.39, 0.29) is 23.6 Å². The molecule has 3 heterocycles. The van der Waals surface area contributed by atoms with Crippen LogP contribution in [0.5, 0.6) is 0 Å². The lowest BCUT2D eigenvalue weighted by Crippen LogP contribution is -2.44. The highest BCUT2D eigenvalue weighted by molar-refractivity contribution is 7.10. The molecular formula is C22H33ClN10O3S. The second-order valence-corrected chi connectivity index (χ2v) is 10.1. The number of carbonyl (C=O) groups is 3. The van der Waals surface area contributed by atoms with E-state index in [4.69, 9.17) is 29.0 Å². The van der Waals surface area contributed by atoms with Crippen LogP contribution in [0.2, 0.25) is 0 Å². The van der Waals surface area contributed by atoms with Gasteiger partial charge in [0.25, 0.3) is 11.8 Å². The number of hydrogen-bond donors (Lipinski definition) is 4. The molecule has 0 saturated carbocycles. The third kappa shape index (κ3) is 6.76. The maximum Gasteiger partial charge on any atom is 0.288 e. The number of nitrogens with zero attached hydrogens (tertiary/aromatic N) is 6. The largest absolute Gasteiger partial charge is 0.370 e. The molecule has 1 aliphatic heterocycles. The van der Waals surface area contributed by atoms with Gasteiger partial charge in [-0.05, 0) is 32.6 Å². The second kappa shape index (κ2) is 12.3. The van der Waals surface area contributed by atoms with Crippen LogP contribution in [0.1, 0.15) is 63.5 Å². The highest BCUT2D eigenvalue weighted by Gasteiger charge is 2.38. The normalized spacial score (nSPS) is 17.9. The van der Waals surface area contributed by atoms with Crippen molar-refractivity contribution in [2.45, 2.75) is 50.7 Å². The van der Waals surface area contributed by atoms with Crippen LogP contribution in [0, 0.1) is 6.92 Å². The summed E-state index contributed by atoms with van der Waals surface area (Å²) in [6.45, 7) is 2.57. The number of guanidine groups is 1. The number of imidazole rings is 1. The van der Waals surface area contributed by atoms with E-state index in [0.29, 0.717) is 49.5 Å². The molecule has 1 aliphatic rings. The Kier molecular flexibility index (Phi) is 9.45. The van der Waals surface area contributed by atoms with E-state index in [1.54, 1.807) is 21.0 Å². The summed E-state index contributed by atoms with van der Waals surface area (Å²) in [4.78, 5) is 53.1. The van der Waals surface area contributed by atoms with E-state index < -0.39 is 23.9 Å². The van der Waals surface area contributed by atoms with Crippen LogP contribution in [-0.2, 0) is 11.8 Å². The Bertz CT molecular complexity index is 1140. The topological polar surface area (TPSA) is 191 Å². The highest BCUT2D eigenvalue weighted by Crippen LogP contribution is 2.35. The minimum absolute atomic E-state index is 0.00466. The number of aryl methyl sites for hydroxylation is 2. The van der Waals surface area contributed by atoms with Gasteiger partial charge in [-0.1, -0.05) is 0 Å². The first kappa shape index (κ1) is 28.3. The number of likely N-dealkylation sites (N-methyl/N-ethyl adjacent to an activating group) is 1. The summed E-state index contributed by atoms with van der Waals surface area (Å²) in [6, 6.07) is -1.54. The van der Waals surface area contributed by atoms with Crippen LogP contribution in [0.4, 0.5) is 0 Å². The Morgan fingerprint density at radius 1 is 1.30 bits per heavy atom. The molecule has 2 aromatic rings. The van der Waals surface area contributed by atoms with Crippen molar-refractivity contribution in [1.29, 1.82) is 0 Å². The molecule has 2 aromatic heterocycles. The average molecular weight is 553 g/mol. The fourth-order valence-electron chi connectivity index (χ4n) is 4.10. The van der Waals surface area contributed by atoms with E-state index in [2.05, 4.69) is 20.3 Å². The number of amides is 3. The first-order valence-corrected chi connectivity index (χ1v) is 13.0. The Morgan fingerprint density at radius 3 is 2.65 bits per heavy atom. The molecule has 1 fully saturated rings. The van der Waals surface area contributed by atoms with E-state index >= 15 is 0 Å². The van der Waals surface area contributed by atoms with Gasteiger partial charge >= 0.3 is 0 Å². The van der Waals surface area contributed by atoms with Gasteiger partial charge in [0.2, 0.25) is 5.91 Å². The highest BCUT2D eigenvalue weighted by atomic mass is 35.5. The van der Waals surface area contributed by atoms with Crippen LogP contribution in [0.25, 0.3) is 0 Å². The fourth-order valence-corrected chi connectivity index (χ4v) is 5.29. The molecule has 0 unspecified atom stereocenters. The van der Waals surface area contributed by atoms with Crippen molar-refractivity contribution in [2.24, 2.45) is 29.2 Å². The number of nitrogens with one attached hydrogen (secondary N) is 1. The molecule has 0 aromatic carbocycles. The van der Waals surface area contributed by atoms with Crippen molar-refractivity contribution in [2.75, 3.05) is 20.1 Å². The van der Waals surface area contributed by atoms with Gasteiger partial charge in [-0.25, -0.2) is 14.4 Å². The van der Waals surface area contributed by atoms with Crippen molar-refractivity contribution in [1.82, 2.24) is 29.2 Å². The van der Waals surface area contributed by atoms with Gasteiger partial charge in [-0.15, -0.1) is 11.3 Å². The van der Waals surface area contributed by atoms with Gasteiger partial charge in [0.05, 0.1) is 6.04 Å². The summed E-state index contributed by atoms with van der Waals surface area (Å²) in [5.41, 5.74) is 17.2. The lowest BCUT2D eigenvalue weighted by atomic mass is 10.1. The summed E-state index contributed by atoms with van der Waals surface area (Å²) in [6.07, 6.45) is 3.68. The zero-order valence-electron chi connectivity index (χ0n) is 21.1. The number of carbonyl (C=O) groups excluding carboxylic acids is 3. The molecule has 3 rings (SSSR count). The Hall–Kier alpha value is -3.23. The number of aromatic nitrogens is 3. The molecule has 7 N–H and O–H groups in total. The summed E-state index contributed by atoms with van der Waals surface area (Å²) in [5.74, 6) is -0.541. The van der Waals surface area contributed by atoms with Crippen LogP contribution < -0.4 is 22.5 Å². The van der Waals surface area contributed by atoms with Crippen LogP contribution in [-0.4, -0.2) is 79.8 Å². The van der Waals surface area contributed by atoms with Crippen molar-refractivity contribution in [3.05, 3.63) is 33.8 Å². The monoisotopic (exact) mass is 552 g/mol. The van der Waals surface area contributed by atoms with E-state index in [0.717, 1.165) is 10.2 Å². The molecule has 1 saturated heterocycles. The SMILES string of the molecule is CNC(=O)[C@H](CCCCN=C(N)N)N(Cl)C(=O)c1csc([C@@H]2C[C@@H](N)CN2C(=O)c2cn(C)c(C)n2)n1. The zero-order chi connectivity index (χ0) is 27.3. The Morgan fingerprint density at radius 2 is 2.03 bits per heavy atom. The number of hydrogen-bond acceptors (Lipinski definition) is 8. The molecule has 3 amide bonds. The van der Waals surface area contributed by atoms with E-state index in [1.165, 1.54) is 18.4 Å². The molecule has 0 bridgehead atoms. The van der Waals surface area contributed by atoms with E-state index in [1.807, 2.05) is 14.0 Å². The smallest absolute Gasteiger partial charge is 0.288 e. The first-order chi connectivity index (χ1) is 17.5. The minimum Gasteiger partial charge on any atom is -0.370 e. The van der Waals surface area contributed by atoms with Crippen molar-refractivity contribution in [3.63, 3.8) is 0 Å². The summed E-state index contributed by atoms with van der Waals surface area (Å²) < 4.78 is 2.65. The standard InChI is InChI=1S/C22H33ClN10O3S/c1-12-29-14(10-31(12)3)20(35)32-9-13(24)8-17(32)19-30-15(11-37-19)21(36)33(23)16(18(34)27-2)6-4-5-7-28-22(25)26/h10-11,13,16-17H,4-9,24H2,1-3H3,(H,27,34)(H4,25,26,28)/t13-,16+,17+/m1/s1. The van der Waals surface area contributed by atoms with Gasteiger partial charge in [0, 0.05) is 56.6 Å². The Balaban J connectivity index is 1.73. The molecule has 0 radical (unpaired) electrons. The molecule has 13 nitrogen and oxygen atoms in total. The van der Waals surface area contributed by atoms with Gasteiger partial charge in [-0.2, -0.15) is 0 Å². The van der Waals surface area contributed by atoms with Crippen molar-refractivity contribution >= 4 is 46.8 Å². The second-order valence-electron chi connectivity index (χ2n) is 8.87. The zero-order valence-corrected chi connectivity index (χ0v) is 22.6. The molecule has 37 heavy (non-hydrogen) atoms. The van der Waals surface area contributed by atoms with Gasteiger partial charge < -0.3 is 32.0 Å². The Labute approximate surface area is 224 Å². The maximum atomic E-state index is 13.2. The quantitative estimate of drug-likeness (QED) is 0.139. The molecule has 0 spiro atoms. The number of nitrogens with two attached hydrogens (primary N) is 3. The number of thiazole rings is 1. The predicted molar refractivity (Wildman–Crippen MR) is 141 cm³/mol. The summed E-state index contributed by atoms with van der Waals surface area (Å²) in [5, 5.41) is 4.68. The predicted octanol–water partition coefficient (Wildman–Crippen LogP) is 0.254. The average Bonchev–Trinajstić information content (AvgIpc) is 3.58. The van der Waals surface area contributed by atoms with Gasteiger partial charge in [0.1, 0.15) is 28.3 Å². The minimum atomic E-state index is -0.908. The summed E-state index contributed by atoms with van der Waals surface area (Å²) in [7, 11) is 3.29. The lowest BCUT2D eigenvalue weighted by molar-refractivity contribution is -0.124. The number of likely N-dealkylation sites (tertiary alicyclic amines) is 1. The summed E-state index contributed by atoms with van der Waals surface area (Å²) >= 11 is 7.60. The van der Waals surface area contributed by atoms with Gasteiger partial charge in [-0.3, -0.25) is 19.4 Å². The van der Waals surface area contributed by atoms with Crippen molar-refractivity contribution in [3.8, 4) is 0 Å². The molecular weight excluding hydrogens is 520 g/mol. The number of halogens is 1. The third-order valence-electron chi connectivity index (χ3n) is 6.14. The van der Waals surface area contributed by atoms with Crippen molar-refractivity contribution < 1.29 is 14.4 Å². The van der Waals surface area contributed by atoms with Crippen LogP contribution >= 0.6 is 23.1 Å². The van der Waals surface area contributed by atoms with E-state index in [9.17, 15) is 14.4 Å². The van der Waals surface area contributed by atoms with Crippen LogP contribution in [0.3, 0.4) is 0 Å². The third-order valence-corrected chi connectivity index (χ3v) is 7.48. The number of unbranched alkanes of at least 4 members (excludes halogenated alkanes) is 1. The van der Waals surface area contributed by atoms with Crippen LogP contribution in [0.15, 0.2) is 16.6 Å². The fraction of sp³-hybridized carbons (Fsp3) is 0.545. The molecule has 15 heteroatoms. The maximum absolute atomic E-state index is 13.2. The lowest BCUT2D eigenvalue weighted by Gasteiger charge is -2.23.